The normalized spacial score (nSPS) is 13.7. The van der Waals surface area contributed by atoms with Crippen LogP contribution in [0, 0.1) is 0 Å². The Hall–Kier alpha value is -3.94. The predicted molar refractivity (Wildman–Crippen MR) is 152 cm³/mol. The van der Waals surface area contributed by atoms with Crippen molar-refractivity contribution in [2.45, 2.75) is 19.3 Å². The van der Waals surface area contributed by atoms with Crippen LogP contribution in [0.1, 0.15) is 34.5 Å². The molecule has 0 radical (unpaired) electrons. The number of amides is 1. The van der Waals surface area contributed by atoms with E-state index in [1.165, 1.54) is 58.3 Å². The van der Waals surface area contributed by atoms with E-state index in [0.717, 1.165) is 30.9 Å². The van der Waals surface area contributed by atoms with Gasteiger partial charge in [-0.15, -0.1) is 11.3 Å². The van der Waals surface area contributed by atoms with Crippen molar-refractivity contribution in [3.8, 4) is 16.2 Å². The van der Waals surface area contributed by atoms with Gasteiger partial charge in [0.1, 0.15) is 18.6 Å². The smallest absolute Gasteiger partial charge is 0.277 e. The van der Waals surface area contributed by atoms with Gasteiger partial charge in [0.25, 0.3) is 5.91 Å². The maximum Gasteiger partial charge on any atom is 0.277 e. The first-order valence-electron chi connectivity index (χ1n) is 13.0. The number of thiophene rings is 1. The minimum absolute atomic E-state index is 0.254. The van der Waals surface area contributed by atoms with E-state index in [9.17, 15) is 4.79 Å². The van der Waals surface area contributed by atoms with Crippen LogP contribution in [-0.4, -0.2) is 42.2 Å². The third kappa shape index (κ3) is 5.49. The molecule has 5 aromatic rings. The van der Waals surface area contributed by atoms with Gasteiger partial charge in [-0.1, -0.05) is 47.6 Å². The molecular formula is C31H29N3O3S. The van der Waals surface area contributed by atoms with E-state index < -0.39 is 0 Å². The van der Waals surface area contributed by atoms with Crippen molar-refractivity contribution in [2.75, 3.05) is 31.6 Å². The molecule has 3 heterocycles. The molecule has 0 atom stereocenters. The number of fused-ring (bicyclic) bond motifs is 1. The molecule has 6 rings (SSSR count). The highest BCUT2D eigenvalue weighted by molar-refractivity contribution is 7.22. The Kier molecular flexibility index (Phi) is 7.20. The Morgan fingerprint density at radius 2 is 1.76 bits per heavy atom. The first-order valence-corrected chi connectivity index (χ1v) is 13.8. The molecular weight excluding hydrogens is 494 g/mol. The van der Waals surface area contributed by atoms with Crippen LogP contribution in [0.2, 0.25) is 0 Å². The lowest BCUT2D eigenvalue weighted by Crippen LogP contribution is -2.25. The lowest BCUT2D eigenvalue weighted by Gasteiger charge is -2.15. The third-order valence-electron chi connectivity index (χ3n) is 6.95. The first kappa shape index (κ1) is 24.4. The number of nitrogens with zero attached hydrogens (tertiary/aromatic N) is 2. The predicted octanol–water partition coefficient (Wildman–Crippen LogP) is 6.87. The largest absolute Gasteiger partial charge is 0.492 e. The van der Waals surface area contributed by atoms with Crippen LogP contribution < -0.4 is 10.1 Å². The summed E-state index contributed by atoms with van der Waals surface area (Å²) >= 11 is 1.80. The molecule has 1 saturated heterocycles. The van der Waals surface area contributed by atoms with Gasteiger partial charge in [-0.25, -0.2) is 0 Å². The number of likely N-dealkylation sites (tertiary alicyclic amines) is 1. The summed E-state index contributed by atoms with van der Waals surface area (Å²) in [5.41, 5.74) is 4.65. The summed E-state index contributed by atoms with van der Waals surface area (Å²) in [6.07, 6.45) is 4.83. The summed E-state index contributed by atoms with van der Waals surface area (Å²) in [6, 6.07) is 26.6. The van der Waals surface area contributed by atoms with E-state index in [1.807, 2.05) is 12.1 Å². The van der Waals surface area contributed by atoms with Crippen molar-refractivity contribution in [3.63, 3.8) is 0 Å². The molecule has 192 valence electrons. The van der Waals surface area contributed by atoms with Gasteiger partial charge in [0, 0.05) is 27.9 Å². The molecule has 0 saturated carbocycles. The lowest BCUT2D eigenvalue weighted by molar-refractivity contribution is 0.101. The fourth-order valence-electron chi connectivity index (χ4n) is 4.94. The number of rotatable bonds is 9. The quantitative estimate of drug-likeness (QED) is 0.228. The number of anilines is 1. The van der Waals surface area contributed by atoms with Gasteiger partial charge in [-0.05, 0) is 84.8 Å². The molecule has 7 heteroatoms. The maximum atomic E-state index is 12.3. The van der Waals surface area contributed by atoms with E-state index >= 15 is 0 Å². The number of benzene rings is 3. The van der Waals surface area contributed by atoms with Crippen molar-refractivity contribution in [1.29, 1.82) is 0 Å². The molecule has 1 amide bonds. The molecule has 1 aliphatic rings. The van der Waals surface area contributed by atoms with Gasteiger partial charge in [0.15, 0.2) is 5.69 Å². The van der Waals surface area contributed by atoms with Crippen LogP contribution in [0.25, 0.3) is 20.5 Å². The van der Waals surface area contributed by atoms with E-state index in [-0.39, 0.29) is 11.6 Å². The Morgan fingerprint density at radius 1 is 0.974 bits per heavy atom. The zero-order valence-electron chi connectivity index (χ0n) is 21.1. The molecule has 0 aliphatic carbocycles. The highest BCUT2D eigenvalue weighted by Gasteiger charge is 2.16. The van der Waals surface area contributed by atoms with E-state index in [0.29, 0.717) is 5.69 Å². The summed E-state index contributed by atoms with van der Waals surface area (Å²) in [5, 5.41) is 7.84. The van der Waals surface area contributed by atoms with Crippen molar-refractivity contribution in [1.82, 2.24) is 10.1 Å². The van der Waals surface area contributed by atoms with Crippen LogP contribution in [-0.2, 0) is 6.42 Å². The van der Waals surface area contributed by atoms with E-state index in [1.54, 1.807) is 17.4 Å². The molecule has 1 aliphatic heterocycles. The first-order chi connectivity index (χ1) is 18.7. The van der Waals surface area contributed by atoms with Crippen LogP contribution in [0.4, 0.5) is 5.69 Å². The van der Waals surface area contributed by atoms with Gasteiger partial charge >= 0.3 is 0 Å². The number of ether oxygens (including phenoxy) is 1. The Labute approximate surface area is 225 Å². The van der Waals surface area contributed by atoms with Crippen molar-refractivity contribution >= 4 is 33.0 Å². The molecule has 1 N–H and O–H groups in total. The molecule has 0 spiro atoms. The number of carbonyl (C=O) groups is 1. The Balaban J connectivity index is 1.18. The van der Waals surface area contributed by atoms with Gasteiger partial charge in [0.2, 0.25) is 0 Å². The summed E-state index contributed by atoms with van der Waals surface area (Å²) in [6.45, 7) is 4.11. The van der Waals surface area contributed by atoms with Gasteiger partial charge in [-0.2, -0.15) is 0 Å². The van der Waals surface area contributed by atoms with Crippen molar-refractivity contribution < 1.29 is 14.1 Å². The van der Waals surface area contributed by atoms with E-state index in [4.69, 9.17) is 9.26 Å². The van der Waals surface area contributed by atoms with Crippen LogP contribution in [0.3, 0.4) is 0 Å². The molecule has 38 heavy (non-hydrogen) atoms. The van der Waals surface area contributed by atoms with Crippen molar-refractivity contribution in [2.24, 2.45) is 0 Å². The monoisotopic (exact) mass is 523 g/mol. The molecule has 1 fully saturated rings. The second-order valence-corrected chi connectivity index (χ2v) is 10.6. The minimum atomic E-state index is -0.294. The van der Waals surface area contributed by atoms with Gasteiger partial charge < -0.3 is 14.6 Å². The number of hydrogen-bond donors (Lipinski definition) is 1. The third-order valence-corrected chi connectivity index (χ3v) is 8.22. The summed E-state index contributed by atoms with van der Waals surface area (Å²) in [5.74, 6) is 0.629. The number of nitrogens with one attached hydrogen (secondary N) is 1. The zero-order valence-corrected chi connectivity index (χ0v) is 21.9. The number of carbonyl (C=O) groups excluding carboxylic acids is 1. The minimum Gasteiger partial charge on any atom is -0.492 e. The molecule has 0 unspecified atom stereocenters. The summed E-state index contributed by atoms with van der Waals surface area (Å²) < 4.78 is 12.0. The van der Waals surface area contributed by atoms with Gasteiger partial charge in [-0.3, -0.25) is 9.69 Å². The number of hydrogen-bond acceptors (Lipinski definition) is 6. The second-order valence-electron chi connectivity index (χ2n) is 9.54. The zero-order chi connectivity index (χ0) is 25.7. The van der Waals surface area contributed by atoms with Crippen LogP contribution in [0.15, 0.2) is 89.6 Å². The fourth-order valence-corrected chi connectivity index (χ4v) is 6.17. The second kappa shape index (κ2) is 11.2. The summed E-state index contributed by atoms with van der Waals surface area (Å²) in [4.78, 5) is 16.0. The molecule has 2 aromatic heterocycles. The SMILES string of the molecule is O=C(Nc1ccc(-c2sc3ccccc3c2Cc2ccc(OCCN3CCCC3)cc2)cc1)c1ccon1. The fraction of sp³-hybridized carbons (Fsp3) is 0.226. The van der Waals surface area contributed by atoms with E-state index in [2.05, 4.69) is 76.0 Å². The standard InChI is InChI=1S/C31H29N3O3S/c35-31(28-15-19-37-33-28)32-24-11-9-23(10-12-24)30-27(26-5-1-2-6-29(26)38-30)21-22-7-13-25(14-8-22)36-20-18-34-16-3-4-17-34/h1-2,5-15,19H,3-4,16-18,20-21H2,(H,32,35). The van der Waals surface area contributed by atoms with Crippen LogP contribution >= 0.6 is 11.3 Å². The Bertz CT molecular complexity index is 1500. The average molecular weight is 524 g/mol. The molecule has 0 bridgehead atoms. The summed E-state index contributed by atoms with van der Waals surface area (Å²) in [7, 11) is 0. The van der Waals surface area contributed by atoms with Crippen LogP contribution in [0.5, 0.6) is 5.75 Å². The topological polar surface area (TPSA) is 67.6 Å². The number of aromatic nitrogens is 1. The average Bonchev–Trinajstić information content (AvgIpc) is 3.73. The highest BCUT2D eigenvalue weighted by atomic mass is 32.1. The lowest BCUT2D eigenvalue weighted by atomic mass is 9.99. The molecule has 3 aromatic carbocycles. The van der Waals surface area contributed by atoms with Gasteiger partial charge in [0.05, 0.1) is 0 Å². The maximum absolute atomic E-state index is 12.3. The highest BCUT2D eigenvalue weighted by Crippen LogP contribution is 2.40. The molecule has 6 nitrogen and oxygen atoms in total. The Morgan fingerprint density at radius 3 is 2.53 bits per heavy atom. The van der Waals surface area contributed by atoms with Crippen molar-refractivity contribution in [3.05, 3.63) is 102 Å².